The summed E-state index contributed by atoms with van der Waals surface area (Å²) in [5.41, 5.74) is 5.76. The summed E-state index contributed by atoms with van der Waals surface area (Å²) in [4.78, 5) is 25.4. The Balaban J connectivity index is 2.09. The van der Waals surface area contributed by atoms with Gasteiger partial charge in [-0.1, -0.05) is 0 Å². The molecule has 0 unspecified atom stereocenters. The van der Waals surface area contributed by atoms with Crippen molar-refractivity contribution in [2.45, 2.75) is 6.04 Å². The Morgan fingerprint density at radius 1 is 1.60 bits per heavy atom. The summed E-state index contributed by atoms with van der Waals surface area (Å²) < 4.78 is 0. The van der Waals surface area contributed by atoms with Gasteiger partial charge in [-0.05, 0) is 11.0 Å². The molecule has 80 valence electrons. The van der Waals surface area contributed by atoms with Crippen LogP contribution in [0.25, 0.3) is 0 Å². The van der Waals surface area contributed by atoms with Gasteiger partial charge in [-0.3, -0.25) is 4.79 Å². The van der Waals surface area contributed by atoms with E-state index in [1.54, 1.807) is 4.90 Å². The van der Waals surface area contributed by atoms with E-state index in [2.05, 4.69) is 4.98 Å². The summed E-state index contributed by atoms with van der Waals surface area (Å²) in [6.07, 6.45) is 0. The number of amides is 1. The molecular weight excluding hydrogens is 200 g/mol. The predicted octanol–water partition coefficient (Wildman–Crippen LogP) is -0.294. The highest BCUT2D eigenvalue weighted by Gasteiger charge is 2.30. The van der Waals surface area contributed by atoms with Gasteiger partial charge in [0, 0.05) is 25.2 Å². The number of hydrogen-bond donors (Lipinski definition) is 2. The molecule has 3 N–H and O–H groups in total. The summed E-state index contributed by atoms with van der Waals surface area (Å²) in [6.45, 7) is 1.01. The number of carbonyl (C=O) groups is 1. The third-order valence-corrected chi connectivity index (χ3v) is 2.29. The SMILES string of the molecule is NC1CN(C(=O)c2ccc([N+](=O)[O-])[nH]2)C1. The van der Waals surface area contributed by atoms with Crippen molar-refractivity contribution in [2.75, 3.05) is 13.1 Å². The van der Waals surface area contributed by atoms with Gasteiger partial charge in [-0.2, -0.15) is 0 Å². The molecule has 0 radical (unpaired) electrons. The van der Waals surface area contributed by atoms with Gasteiger partial charge in [-0.15, -0.1) is 0 Å². The van der Waals surface area contributed by atoms with Crippen molar-refractivity contribution in [2.24, 2.45) is 5.73 Å². The summed E-state index contributed by atoms with van der Waals surface area (Å²) in [5, 5.41) is 10.4. The van der Waals surface area contributed by atoms with Crippen molar-refractivity contribution in [3.8, 4) is 0 Å². The number of nitrogens with two attached hydrogens (primary N) is 1. The van der Waals surface area contributed by atoms with Gasteiger partial charge in [0.15, 0.2) is 5.69 Å². The number of aromatic nitrogens is 1. The number of H-pyrrole nitrogens is 1. The molecule has 2 heterocycles. The maximum Gasteiger partial charge on any atom is 0.321 e. The smallest absolute Gasteiger partial charge is 0.321 e. The van der Waals surface area contributed by atoms with Gasteiger partial charge in [0.25, 0.3) is 5.91 Å². The lowest BCUT2D eigenvalue weighted by Crippen LogP contribution is -2.57. The number of nitrogens with one attached hydrogen (secondary N) is 1. The maximum absolute atomic E-state index is 11.6. The number of aromatic amines is 1. The van der Waals surface area contributed by atoms with E-state index < -0.39 is 4.92 Å². The summed E-state index contributed by atoms with van der Waals surface area (Å²) in [7, 11) is 0. The topological polar surface area (TPSA) is 105 Å². The van der Waals surface area contributed by atoms with Crippen molar-refractivity contribution in [3.63, 3.8) is 0 Å². The van der Waals surface area contributed by atoms with Crippen LogP contribution in [0.1, 0.15) is 10.5 Å². The second-order valence-electron chi connectivity index (χ2n) is 3.48. The van der Waals surface area contributed by atoms with Crippen LogP contribution in [0.3, 0.4) is 0 Å². The molecule has 0 spiro atoms. The first-order chi connectivity index (χ1) is 7.08. The van der Waals surface area contributed by atoms with Crippen LogP contribution in [-0.2, 0) is 0 Å². The lowest BCUT2D eigenvalue weighted by atomic mass is 10.1. The molecule has 1 fully saturated rings. The molecule has 7 nitrogen and oxygen atoms in total. The number of nitro groups is 1. The van der Waals surface area contributed by atoms with Gasteiger partial charge in [0.2, 0.25) is 0 Å². The summed E-state index contributed by atoms with van der Waals surface area (Å²) in [6, 6.07) is 2.70. The normalized spacial score (nSPS) is 16.2. The van der Waals surface area contributed by atoms with Crippen molar-refractivity contribution in [1.82, 2.24) is 9.88 Å². The molecule has 0 atom stereocenters. The van der Waals surface area contributed by atoms with Crippen molar-refractivity contribution in [1.29, 1.82) is 0 Å². The van der Waals surface area contributed by atoms with Gasteiger partial charge < -0.3 is 20.7 Å². The zero-order chi connectivity index (χ0) is 11.0. The quantitative estimate of drug-likeness (QED) is 0.516. The Kier molecular flexibility index (Phi) is 2.16. The average molecular weight is 210 g/mol. The van der Waals surface area contributed by atoms with Gasteiger partial charge in [-0.25, -0.2) is 4.98 Å². The van der Waals surface area contributed by atoms with Crippen LogP contribution in [0, 0.1) is 10.1 Å². The molecule has 1 aromatic rings. The largest absolute Gasteiger partial charge is 0.358 e. The Hall–Kier alpha value is -1.89. The van der Waals surface area contributed by atoms with E-state index in [4.69, 9.17) is 5.73 Å². The van der Waals surface area contributed by atoms with E-state index in [9.17, 15) is 14.9 Å². The lowest BCUT2D eigenvalue weighted by Gasteiger charge is -2.35. The molecule has 1 aliphatic heterocycles. The predicted molar refractivity (Wildman–Crippen MR) is 51.3 cm³/mol. The fourth-order valence-electron chi connectivity index (χ4n) is 1.46. The molecule has 15 heavy (non-hydrogen) atoms. The number of nitrogens with zero attached hydrogens (tertiary/aromatic N) is 2. The van der Waals surface area contributed by atoms with Crippen LogP contribution < -0.4 is 5.73 Å². The fraction of sp³-hybridized carbons (Fsp3) is 0.375. The number of hydrogen-bond acceptors (Lipinski definition) is 4. The highest BCUT2D eigenvalue weighted by molar-refractivity contribution is 5.93. The Morgan fingerprint density at radius 3 is 2.73 bits per heavy atom. The Morgan fingerprint density at radius 2 is 2.27 bits per heavy atom. The van der Waals surface area contributed by atoms with Gasteiger partial charge in [0.1, 0.15) is 0 Å². The van der Waals surface area contributed by atoms with E-state index in [-0.39, 0.29) is 23.5 Å². The van der Waals surface area contributed by atoms with Crippen molar-refractivity contribution < 1.29 is 9.72 Å². The van der Waals surface area contributed by atoms with Crippen LogP contribution >= 0.6 is 0 Å². The Bertz CT molecular complexity index is 408. The molecule has 0 aliphatic carbocycles. The molecule has 0 saturated carbocycles. The lowest BCUT2D eigenvalue weighted by molar-refractivity contribution is -0.389. The van der Waals surface area contributed by atoms with E-state index in [0.29, 0.717) is 13.1 Å². The molecule has 1 amide bonds. The maximum atomic E-state index is 11.6. The second kappa shape index (κ2) is 3.35. The number of carbonyl (C=O) groups excluding carboxylic acids is 1. The van der Waals surface area contributed by atoms with Crippen LogP contribution in [0.5, 0.6) is 0 Å². The highest BCUT2D eigenvalue weighted by atomic mass is 16.6. The second-order valence-corrected chi connectivity index (χ2v) is 3.48. The molecular formula is C8H10N4O3. The summed E-state index contributed by atoms with van der Waals surface area (Å²) in [5.74, 6) is -0.423. The van der Waals surface area contributed by atoms with E-state index >= 15 is 0 Å². The zero-order valence-corrected chi connectivity index (χ0v) is 7.84. The Labute approximate surface area is 85.0 Å². The highest BCUT2D eigenvalue weighted by Crippen LogP contribution is 2.15. The van der Waals surface area contributed by atoms with Gasteiger partial charge >= 0.3 is 5.82 Å². The van der Waals surface area contributed by atoms with Crippen LogP contribution in [0.2, 0.25) is 0 Å². The number of likely N-dealkylation sites (tertiary alicyclic amines) is 1. The van der Waals surface area contributed by atoms with Crippen LogP contribution in [0.4, 0.5) is 5.82 Å². The first-order valence-corrected chi connectivity index (χ1v) is 4.46. The van der Waals surface area contributed by atoms with E-state index in [1.165, 1.54) is 12.1 Å². The monoisotopic (exact) mass is 210 g/mol. The van der Waals surface area contributed by atoms with E-state index in [0.717, 1.165) is 0 Å². The number of rotatable bonds is 2. The minimum atomic E-state index is -0.571. The molecule has 1 saturated heterocycles. The zero-order valence-electron chi connectivity index (χ0n) is 7.84. The first kappa shape index (κ1) is 9.66. The fourth-order valence-corrected chi connectivity index (χ4v) is 1.46. The standard InChI is InChI=1S/C8H10N4O3/c9-5-3-11(4-5)8(13)6-1-2-7(10-6)12(14)15/h1-2,5,10H,3-4,9H2. The third-order valence-electron chi connectivity index (χ3n) is 2.29. The molecule has 0 bridgehead atoms. The average Bonchev–Trinajstić information content (AvgIpc) is 2.60. The minimum Gasteiger partial charge on any atom is -0.358 e. The molecule has 1 aromatic heterocycles. The third kappa shape index (κ3) is 1.68. The van der Waals surface area contributed by atoms with E-state index in [1.807, 2.05) is 0 Å². The molecule has 0 aromatic carbocycles. The summed E-state index contributed by atoms with van der Waals surface area (Å²) >= 11 is 0. The first-order valence-electron chi connectivity index (χ1n) is 4.46. The van der Waals surface area contributed by atoms with Crippen LogP contribution in [-0.4, -0.2) is 39.8 Å². The molecule has 7 heteroatoms. The van der Waals surface area contributed by atoms with Crippen molar-refractivity contribution in [3.05, 3.63) is 27.9 Å². The molecule has 2 rings (SSSR count). The molecule has 1 aliphatic rings. The van der Waals surface area contributed by atoms with Crippen LogP contribution in [0.15, 0.2) is 12.1 Å². The van der Waals surface area contributed by atoms with Gasteiger partial charge in [0.05, 0.1) is 0 Å². The van der Waals surface area contributed by atoms with Crippen molar-refractivity contribution >= 4 is 11.7 Å². The minimum absolute atomic E-state index is 0.0268.